The first-order valence-electron chi connectivity index (χ1n) is 9.44. The van der Waals surface area contributed by atoms with E-state index in [1.165, 1.54) is 16.9 Å². The lowest BCUT2D eigenvalue weighted by atomic mass is 9.72. The number of hydrogen-bond donors (Lipinski definition) is 1. The van der Waals surface area contributed by atoms with Crippen LogP contribution in [0.15, 0.2) is 6.07 Å². The molecule has 5 heteroatoms. The quantitative estimate of drug-likeness (QED) is 0.873. The molecule has 2 atom stereocenters. The normalized spacial score (nSPS) is 24.2. The standard InChI is InChI=1S/C20H30N2O2S/c1-20(2,3)14-8-9-16-13(11-14)12-17(25-16)19(24)22(4)15-7-5-6-10-21-18(15)23/h12,14-15H,5-11H2,1-4H3,(H,21,23)/t14-,15+/m1/s1. The monoisotopic (exact) mass is 362 g/mol. The van der Waals surface area contributed by atoms with Crippen LogP contribution in [0.2, 0.25) is 0 Å². The molecule has 138 valence electrons. The van der Waals surface area contributed by atoms with Crippen molar-refractivity contribution in [3.63, 3.8) is 0 Å². The van der Waals surface area contributed by atoms with E-state index >= 15 is 0 Å². The molecule has 0 aromatic carbocycles. The Morgan fingerprint density at radius 1 is 1.28 bits per heavy atom. The number of hydrogen-bond acceptors (Lipinski definition) is 3. The summed E-state index contributed by atoms with van der Waals surface area (Å²) in [6, 6.07) is 1.75. The molecule has 1 aliphatic heterocycles. The average molecular weight is 363 g/mol. The summed E-state index contributed by atoms with van der Waals surface area (Å²) in [5, 5.41) is 2.92. The predicted molar refractivity (Wildman–Crippen MR) is 102 cm³/mol. The van der Waals surface area contributed by atoms with Gasteiger partial charge in [-0.05, 0) is 61.5 Å². The minimum absolute atomic E-state index is 0.00578. The highest BCUT2D eigenvalue weighted by Crippen LogP contribution is 2.40. The molecule has 0 bridgehead atoms. The highest BCUT2D eigenvalue weighted by molar-refractivity contribution is 7.14. The summed E-state index contributed by atoms with van der Waals surface area (Å²) in [5.41, 5.74) is 1.65. The van der Waals surface area contributed by atoms with Crippen LogP contribution in [0.5, 0.6) is 0 Å². The molecule has 1 aromatic heterocycles. The first-order chi connectivity index (χ1) is 11.8. The van der Waals surface area contributed by atoms with Crippen molar-refractivity contribution in [3.8, 4) is 0 Å². The number of likely N-dealkylation sites (N-methyl/N-ethyl adjacent to an activating group) is 1. The van der Waals surface area contributed by atoms with Crippen LogP contribution >= 0.6 is 11.3 Å². The number of nitrogens with one attached hydrogen (secondary N) is 1. The molecule has 1 aromatic rings. The van der Waals surface area contributed by atoms with E-state index in [9.17, 15) is 9.59 Å². The van der Waals surface area contributed by atoms with Crippen molar-refractivity contribution in [3.05, 3.63) is 21.4 Å². The van der Waals surface area contributed by atoms with E-state index < -0.39 is 0 Å². The van der Waals surface area contributed by atoms with Gasteiger partial charge in [-0.1, -0.05) is 20.8 Å². The summed E-state index contributed by atoms with van der Waals surface area (Å²) in [6.45, 7) is 7.64. The number of carbonyl (C=O) groups is 2. The van der Waals surface area contributed by atoms with Crippen LogP contribution in [-0.4, -0.2) is 36.3 Å². The molecular formula is C20H30N2O2S. The number of fused-ring (bicyclic) bond motifs is 1. The van der Waals surface area contributed by atoms with E-state index in [1.54, 1.807) is 23.3 Å². The van der Waals surface area contributed by atoms with Gasteiger partial charge in [0.05, 0.1) is 4.88 Å². The Morgan fingerprint density at radius 2 is 2.04 bits per heavy atom. The molecule has 0 saturated carbocycles. The Kier molecular flexibility index (Phi) is 5.24. The van der Waals surface area contributed by atoms with Crippen LogP contribution in [0.4, 0.5) is 0 Å². The topological polar surface area (TPSA) is 49.4 Å². The Hall–Kier alpha value is -1.36. The fraction of sp³-hybridized carbons (Fsp3) is 0.700. The fourth-order valence-electron chi connectivity index (χ4n) is 3.98. The molecule has 4 nitrogen and oxygen atoms in total. The van der Waals surface area contributed by atoms with Crippen molar-refractivity contribution in [2.75, 3.05) is 13.6 Å². The minimum Gasteiger partial charge on any atom is -0.354 e. The first kappa shape index (κ1) is 18.4. The third-order valence-electron chi connectivity index (χ3n) is 5.81. The van der Waals surface area contributed by atoms with Crippen LogP contribution in [0.3, 0.4) is 0 Å². The Morgan fingerprint density at radius 3 is 2.76 bits per heavy atom. The molecule has 1 N–H and O–H groups in total. The molecule has 2 amide bonds. The zero-order valence-corrected chi connectivity index (χ0v) is 16.7. The van der Waals surface area contributed by atoms with Crippen molar-refractivity contribution in [1.82, 2.24) is 10.2 Å². The molecule has 25 heavy (non-hydrogen) atoms. The lowest BCUT2D eigenvalue weighted by Crippen LogP contribution is -2.46. The van der Waals surface area contributed by atoms with Gasteiger partial charge in [0.15, 0.2) is 0 Å². The van der Waals surface area contributed by atoms with Crippen LogP contribution < -0.4 is 5.32 Å². The van der Waals surface area contributed by atoms with Crippen molar-refractivity contribution >= 4 is 23.2 Å². The summed E-state index contributed by atoms with van der Waals surface area (Å²) in [7, 11) is 1.77. The van der Waals surface area contributed by atoms with Gasteiger partial charge in [0.2, 0.25) is 5.91 Å². The Balaban J connectivity index is 1.75. The highest BCUT2D eigenvalue weighted by Gasteiger charge is 2.33. The van der Waals surface area contributed by atoms with Crippen molar-refractivity contribution in [2.24, 2.45) is 11.3 Å². The van der Waals surface area contributed by atoms with Crippen LogP contribution in [-0.2, 0) is 17.6 Å². The highest BCUT2D eigenvalue weighted by atomic mass is 32.1. The Labute approximate surface area is 155 Å². The van der Waals surface area contributed by atoms with Gasteiger partial charge >= 0.3 is 0 Å². The second-order valence-corrected chi connectivity index (χ2v) is 9.72. The molecule has 1 aliphatic carbocycles. The van der Waals surface area contributed by atoms with Gasteiger partial charge in [0, 0.05) is 18.5 Å². The summed E-state index contributed by atoms with van der Waals surface area (Å²) in [6.07, 6.45) is 6.07. The van der Waals surface area contributed by atoms with Gasteiger partial charge in [-0.15, -0.1) is 11.3 Å². The maximum atomic E-state index is 13.0. The summed E-state index contributed by atoms with van der Waals surface area (Å²) >= 11 is 1.63. The van der Waals surface area contributed by atoms with E-state index in [2.05, 4.69) is 32.2 Å². The number of rotatable bonds is 2. The lowest BCUT2D eigenvalue weighted by Gasteiger charge is -2.33. The number of amides is 2. The number of thiophene rings is 1. The van der Waals surface area contributed by atoms with Gasteiger partial charge in [0.25, 0.3) is 5.91 Å². The van der Waals surface area contributed by atoms with Crippen LogP contribution in [0.25, 0.3) is 0 Å². The lowest BCUT2D eigenvalue weighted by molar-refractivity contribution is -0.124. The maximum absolute atomic E-state index is 13.0. The average Bonchev–Trinajstić information content (AvgIpc) is 2.87. The minimum atomic E-state index is -0.337. The van der Waals surface area contributed by atoms with Gasteiger partial charge in [-0.25, -0.2) is 0 Å². The summed E-state index contributed by atoms with van der Waals surface area (Å²) in [5.74, 6) is 0.652. The molecule has 3 rings (SSSR count). The molecule has 0 unspecified atom stereocenters. The van der Waals surface area contributed by atoms with Crippen molar-refractivity contribution in [2.45, 2.75) is 65.3 Å². The summed E-state index contributed by atoms with van der Waals surface area (Å²) < 4.78 is 0. The maximum Gasteiger partial charge on any atom is 0.264 e. The molecule has 2 aliphatic rings. The van der Waals surface area contributed by atoms with Gasteiger partial charge < -0.3 is 10.2 Å². The predicted octanol–water partition coefficient (Wildman–Crippen LogP) is 3.64. The molecule has 1 fully saturated rings. The largest absolute Gasteiger partial charge is 0.354 e. The number of carbonyl (C=O) groups excluding carboxylic acids is 2. The molecule has 2 heterocycles. The van der Waals surface area contributed by atoms with E-state index in [-0.39, 0.29) is 17.9 Å². The number of aryl methyl sites for hydroxylation is 1. The van der Waals surface area contributed by atoms with E-state index in [4.69, 9.17) is 0 Å². The smallest absolute Gasteiger partial charge is 0.264 e. The first-order valence-corrected chi connectivity index (χ1v) is 10.3. The van der Waals surface area contributed by atoms with Crippen LogP contribution in [0, 0.1) is 11.3 Å². The van der Waals surface area contributed by atoms with Gasteiger partial charge in [-0.3, -0.25) is 9.59 Å². The Bertz CT molecular complexity index is 659. The van der Waals surface area contributed by atoms with Crippen molar-refractivity contribution in [1.29, 1.82) is 0 Å². The SMILES string of the molecule is CN(C(=O)c1cc2c(s1)CC[C@@H](C(C)(C)C)C2)[C@H]1CCCCNC1=O. The van der Waals surface area contributed by atoms with Gasteiger partial charge in [0.1, 0.15) is 6.04 Å². The molecule has 0 radical (unpaired) electrons. The zero-order chi connectivity index (χ0) is 18.2. The van der Waals surface area contributed by atoms with Crippen LogP contribution in [0.1, 0.15) is 66.6 Å². The molecular weight excluding hydrogens is 332 g/mol. The third-order valence-corrected chi connectivity index (χ3v) is 7.04. The van der Waals surface area contributed by atoms with E-state index in [1.807, 2.05) is 0 Å². The molecule has 1 saturated heterocycles. The van der Waals surface area contributed by atoms with Crippen molar-refractivity contribution < 1.29 is 9.59 Å². The fourth-order valence-corrected chi connectivity index (χ4v) is 5.17. The number of nitrogens with zero attached hydrogens (tertiary/aromatic N) is 1. The third kappa shape index (κ3) is 3.91. The van der Waals surface area contributed by atoms with E-state index in [0.717, 1.165) is 43.5 Å². The molecule has 0 spiro atoms. The second kappa shape index (κ2) is 7.10. The second-order valence-electron chi connectivity index (χ2n) is 8.58. The van der Waals surface area contributed by atoms with E-state index in [0.29, 0.717) is 11.3 Å². The summed E-state index contributed by atoms with van der Waals surface area (Å²) in [4.78, 5) is 29.0. The van der Waals surface area contributed by atoms with Gasteiger partial charge in [-0.2, -0.15) is 0 Å². The zero-order valence-electron chi connectivity index (χ0n) is 15.9.